The van der Waals surface area contributed by atoms with Gasteiger partial charge in [-0.3, -0.25) is 0 Å². The molecule has 7 nitrogen and oxygen atoms in total. The molecule has 0 unspecified atom stereocenters. The number of nitrogens with zero attached hydrogens (tertiary/aromatic N) is 2. The first-order valence-electron chi connectivity index (χ1n) is 7.38. The fraction of sp³-hybridized carbons (Fsp3) is 0.188. The number of para-hydroxylation sites is 2. The van der Waals surface area contributed by atoms with E-state index in [1.807, 2.05) is 35.9 Å². The van der Waals surface area contributed by atoms with Crippen molar-refractivity contribution in [2.45, 2.75) is 16.3 Å². The Bertz CT molecular complexity index is 1130. The van der Waals surface area contributed by atoms with Gasteiger partial charge in [0.25, 0.3) is 0 Å². The third-order valence-corrected chi connectivity index (χ3v) is 6.41. The lowest BCUT2D eigenvalue weighted by Crippen LogP contribution is -2.24. The largest absolute Gasteiger partial charge is 0.330 e. The average Bonchev–Trinajstić information content (AvgIpc) is 2.89. The highest BCUT2D eigenvalue weighted by Gasteiger charge is 2.17. The fourth-order valence-electron chi connectivity index (χ4n) is 2.46. The molecule has 25 heavy (non-hydrogen) atoms. The van der Waals surface area contributed by atoms with E-state index in [1.165, 1.54) is 24.3 Å². The Kier molecular flexibility index (Phi) is 4.40. The Labute approximate surface area is 146 Å². The lowest BCUT2D eigenvalue weighted by atomic mass is 10.3. The van der Waals surface area contributed by atoms with E-state index in [1.54, 1.807) is 0 Å². The number of benzene rings is 2. The molecule has 0 aliphatic rings. The summed E-state index contributed by atoms with van der Waals surface area (Å²) in [6, 6.07) is 12.6. The molecule has 3 aromatic rings. The third-order valence-electron chi connectivity index (χ3n) is 3.86. The van der Waals surface area contributed by atoms with Crippen LogP contribution in [0.15, 0.2) is 58.3 Å². The second-order valence-corrected chi connectivity index (χ2v) is 9.43. The van der Waals surface area contributed by atoms with Crippen molar-refractivity contribution in [3.8, 4) is 0 Å². The van der Waals surface area contributed by atoms with E-state index in [0.29, 0.717) is 5.82 Å². The van der Waals surface area contributed by atoms with E-state index in [0.717, 1.165) is 17.3 Å². The second-order valence-electron chi connectivity index (χ2n) is 5.64. The van der Waals surface area contributed by atoms with Crippen molar-refractivity contribution in [1.29, 1.82) is 0 Å². The fourth-order valence-corrected chi connectivity index (χ4v) is 4.07. The van der Waals surface area contributed by atoms with Crippen molar-refractivity contribution >= 4 is 30.9 Å². The highest BCUT2D eigenvalue weighted by atomic mass is 32.2. The molecule has 9 heteroatoms. The smallest absolute Gasteiger partial charge is 0.240 e. The molecule has 0 spiro atoms. The summed E-state index contributed by atoms with van der Waals surface area (Å²) in [5, 5.41) is 0. The summed E-state index contributed by atoms with van der Waals surface area (Å²) < 4.78 is 52.0. The summed E-state index contributed by atoms with van der Waals surface area (Å²) in [5.41, 5.74) is 1.70. The van der Waals surface area contributed by atoms with Crippen LogP contribution in [0.1, 0.15) is 5.82 Å². The number of hydrogen-bond donors (Lipinski definition) is 1. The Hall–Kier alpha value is -2.23. The maximum Gasteiger partial charge on any atom is 0.240 e. The van der Waals surface area contributed by atoms with Gasteiger partial charge >= 0.3 is 0 Å². The van der Waals surface area contributed by atoms with Gasteiger partial charge in [-0.2, -0.15) is 0 Å². The molecule has 0 saturated carbocycles. The van der Waals surface area contributed by atoms with Crippen LogP contribution in [-0.2, 0) is 33.5 Å². The topological polar surface area (TPSA) is 98.1 Å². The number of rotatable bonds is 5. The van der Waals surface area contributed by atoms with Gasteiger partial charge in [-0.15, -0.1) is 0 Å². The Morgan fingerprint density at radius 3 is 2.16 bits per heavy atom. The first-order chi connectivity index (χ1) is 11.7. The molecule has 0 aliphatic carbocycles. The van der Waals surface area contributed by atoms with Crippen LogP contribution in [0.5, 0.6) is 0 Å². The zero-order chi connectivity index (χ0) is 18.2. The monoisotopic (exact) mass is 379 g/mol. The number of sulfonamides is 1. The van der Waals surface area contributed by atoms with Gasteiger partial charge < -0.3 is 4.57 Å². The Morgan fingerprint density at radius 2 is 1.56 bits per heavy atom. The van der Waals surface area contributed by atoms with Crippen LogP contribution < -0.4 is 4.72 Å². The van der Waals surface area contributed by atoms with Crippen molar-refractivity contribution < 1.29 is 16.8 Å². The van der Waals surface area contributed by atoms with E-state index in [2.05, 4.69) is 9.71 Å². The molecule has 0 amide bonds. The molecule has 0 radical (unpaired) electrons. The maximum atomic E-state index is 12.4. The van der Waals surface area contributed by atoms with Gasteiger partial charge in [-0.05, 0) is 36.4 Å². The van der Waals surface area contributed by atoms with Gasteiger partial charge in [-0.25, -0.2) is 26.5 Å². The molecule has 0 aliphatic heterocycles. The molecule has 0 bridgehead atoms. The molecule has 0 fully saturated rings. The van der Waals surface area contributed by atoms with Crippen molar-refractivity contribution in [3.63, 3.8) is 0 Å². The summed E-state index contributed by atoms with van der Waals surface area (Å²) in [4.78, 5) is 4.48. The first-order valence-corrected chi connectivity index (χ1v) is 10.8. The summed E-state index contributed by atoms with van der Waals surface area (Å²) >= 11 is 0. The molecule has 1 heterocycles. The Morgan fingerprint density at radius 1 is 0.960 bits per heavy atom. The van der Waals surface area contributed by atoms with Crippen molar-refractivity contribution in [2.75, 3.05) is 6.26 Å². The van der Waals surface area contributed by atoms with Gasteiger partial charge in [0, 0.05) is 13.3 Å². The summed E-state index contributed by atoms with van der Waals surface area (Å²) in [5.74, 6) is 0.581. The summed E-state index contributed by atoms with van der Waals surface area (Å²) in [6.45, 7) is 0.0291. The van der Waals surface area contributed by atoms with Crippen LogP contribution in [0.2, 0.25) is 0 Å². The number of imidazole rings is 1. The molecule has 2 aromatic carbocycles. The van der Waals surface area contributed by atoms with Crippen LogP contribution in [-0.4, -0.2) is 32.6 Å². The van der Waals surface area contributed by atoms with Crippen molar-refractivity contribution in [2.24, 2.45) is 7.05 Å². The average molecular weight is 379 g/mol. The van der Waals surface area contributed by atoms with Crippen molar-refractivity contribution in [3.05, 3.63) is 54.4 Å². The number of fused-ring (bicyclic) bond motifs is 1. The minimum Gasteiger partial charge on any atom is -0.330 e. The quantitative estimate of drug-likeness (QED) is 0.724. The lowest BCUT2D eigenvalue weighted by Gasteiger charge is -2.07. The minimum atomic E-state index is -3.77. The zero-order valence-corrected chi connectivity index (χ0v) is 15.3. The number of hydrogen-bond acceptors (Lipinski definition) is 5. The van der Waals surface area contributed by atoms with Gasteiger partial charge in [-0.1, -0.05) is 12.1 Å². The molecular formula is C16H17N3O4S2. The normalized spacial score (nSPS) is 12.6. The number of aryl methyl sites for hydroxylation is 1. The molecule has 1 N–H and O–H groups in total. The third kappa shape index (κ3) is 3.58. The molecule has 132 valence electrons. The number of aromatic nitrogens is 2. The highest BCUT2D eigenvalue weighted by Crippen LogP contribution is 2.16. The van der Waals surface area contributed by atoms with Crippen LogP contribution >= 0.6 is 0 Å². The van der Waals surface area contributed by atoms with Gasteiger partial charge in [0.2, 0.25) is 10.0 Å². The molecule has 3 rings (SSSR count). The number of sulfone groups is 1. The van der Waals surface area contributed by atoms with Gasteiger partial charge in [0.15, 0.2) is 9.84 Å². The standard InChI is InChI=1S/C16H17N3O4S2/c1-19-15-6-4-3-5-14(15)18-16(19)11-17-25(22,23)13-9-7-12(8-10-13)24(2,20)21/h3-10,17H,11H2,1-2H3. The van der Waals surface area contributed by atoms with E-state index in [-0.39, 0.29) is 16.3 Å². The van der Waals surface area contributed by atoms with Crippen LogP contribution in [0.25, 0.3) is 11.0 Å². The first kappa shape index (κ1) is 17.6. The summed E-state index contributed by atoms with van der Waals surface area (Å²) in [7, 11) is -5.32. The number of nitrogens with one attached hydrogen (secondary N) is 1. The maximum absolute atomic E-state index is 12.4. The minimum absolute atomic E-state index is 0.00124. The van der Waals surface area contributed by atoms with Gasteiger partial charge in [0.1, 0.15) is 5.82 Å². The Balaban J connectivity index is 1.82. The van der Waals surface area contributed by atoms with Crippen LogP contribution in [0.4, 0.5) is 0 Å². The van der Waals surface area contributed by atoms with Gasteiger partial charge in [0.05, 0.1) is 27.4 Å². The van der Waals surface area contributed by atoms with E-state index < -0.39 is 19.9 Å². The van der Waals surface area contributed by atoms with E-state index in [9.17, 15) is 16.8 Å². The molecular weight excluding hydrogens is 362 g/mol. The zero-order valence-electron chi connectivity index (χ0n) is 13.7. The lowest BCUT2D eigenvalue weighted by molar-refractivity contribution is 0.577. The molecule has 0 atom stereocenters. The second kappa shape index (κ2) is 6.25. The molecule has 0 saturated heterocycles. The SMILES string of the molecule is Cn1c(CNS(=O)(=O)c2ccc(S(C)(=O)=O)cc2)nc2ccccc21. The van der Waals surface area contributed by atoms with Crippen LogP contribution in [0, 0.1) is 0 Å². The van der Waals surface area contributed by atoms with Crippen molar-refractivity contribution in [1.82, 2.24) is 14.3 Å². The van der Waals surface area contributed by atoms with E-state index in [4.69, 9.17) is 0 Å². The highest BCUT2D eigenvalue weighted by molar-refractivity contribution is 7.90. The summed E-state index contributed by atoms with van der Waals surface area (Å²) in [6.07, 6.45) is 1.07. The van der Waals surface area contributed by atoms with Crippen LogP contribution in [0.3, 0.4) is 0 Å². The predicted molar refractivity (Wildman–Crippen MR) is 94.3 cm³/mol. The molecule has 1 aromatic heterocycles. The predicted octanol–water partition coefficient (Wildman–Crippen LogP) is 1.46. The van der Waals surface area contributed by atoms with E-state index >= 15 is 0 Å².